The van der Waals surface area contributed by atoms with Crippen molar-refractivity contribution in [1.82, 2.24) is 9.55 Å². The van der Waals surface area contributed by atoms with Gasteiger partial charge < -0.3 is 14.6 Å². The second-order valence-corrected chi connectivity index (χ2v) is 8.19. The average Bonchev–Trinajstić information content (AvgIpc) is 3.08. The summed E-state index contributed by atoms with van der Waals surface area (Å²) in [5.74, 6) is -0.228. The third-order valence-electron chi connectivity index (χ3n) is 4.26. The van der Waals surface area contributed by atoms with Crippen molar-refractivity contribution >= 4 is 40.0 Å². The fourth-order valence-electron chi connectivity index (χ4n) is 3.03. The number of nitrogens with zero attached hydrogens (tertiary/aromatic N) is 2. The molecule has 2 aromatic rings. The maximum atomic E-state index is 12.5. The van der Waals surface area contributed by atoms with Gasteiger partial charge >= 0.3 is 5.97 Å². The molecule has 3 rings (SSSR count). The minimum Gasteiger partial charge on any atom is -0.462 e. The normalized spacial score (nSPS) is 13.8. The molecule has 1 aliphatic rings. The molecule has 0 radical (unpaired) electrons. The van der Waals surface area contributed by atoms with Gasteiger partial charge in [0.15, 0.2) is 5.16 Å². The number of aromatic nitrogens is 2. The van der Waals surface area contributed by atoms with E-state index in [1.807, 2.05) is 17.8 Å². The zero-order chi connectivity index (χ0) is 18.5. The van der Waals surface area contributed by atoms with E-state index in [0.717, 1.165) is 36.4 Å². The summed E-state index contributed by atoms with van der Waals surface area (Å²) in [6.07, 6.45) is 8.75. The van der Waals surface area contributed by atoms with Crippen LogP contribution in [-0.2, 0) is 29.4 Å². The molecule has 8 heteroatoms. The van der Waals surface area contributed by atoms with Gasteiger partial charge in [-0.05, 0) is 38.2 Å². The average molecular weight is 394 g/mol. The van der Waals surface area contributed by atoms with Crippen LogP contribution in [0.3, 0.4) is 0 Å². The topological polar surface area (TPSA) is 73.2 Å². The molecule has 0 aromatic carbocycles. The molecular formula is C18H23N3O3S2. The van der Waals surface area contributed by atoms with Gasteiger partial charge in [-0.1, -0.05) is 18.2 Å². The van der Waals surface area contributed by atoms with Gasteiger partial charge in [-0.3, -0.25) is 4.79 Å². The van der Waals surface area contributed by atoms with Gasteiger partial charge in [-0.2, -0.15) is 0 Å². The summed E-state index contributed by atoms with van der Waals surface area (Å²) in [4.78, 5) is 30.3. The first-order valence-corrected chi connectivity index (χ1v) is 10.6. The number of nitrogens with one attached hydrogen (secondary N) is 1. The Morgan fingerprint density at radius 1 is 1.35 bits per heavy atom. The molecule has 0 spiro atoms. The first-order chi connectivity index (χ1) is 12.6. The predicted molar refractivity (Wildman–Crippen MR) is 104 cm³/mol. The highest BCUT2D eigenvalue weighted by Crippen LogP contribution is 2.38. The molecule has 0 unspecified atom stereocenters. The zero-order valence-corrected chi connectivity index (χ0v) is 16.7. The Labute approximate surface area is 161 Å². The monoisotopic (exact) mass is 393 g/mol. The van der Waals surface area contributed by atoms with Crippen molar-refractivity contribution < 1.29 is 14.3 Å². The number of imidazole rings is 1. The van der Waals surface area contributed by atoms with Gasteiger partial charge in [0.25, 0.3) is 0 Å². The molecule has 0 saturated heterocycles. The molecule has 140 valence electrons. The number of hydrogen-bond acceptors (Lipinski definition) is 6. The van der Waals surface area contributed by atoms with Gasteiger partial charge in [0, 0.05) is 24.3 Å². The highest BCUT2D eigenvalue weighted by atomic mass is 32.2. The first kappa shape index (κ1) is 19.0. The van der Waals surface area contributed by atoms with Gasteiger partial charge in [-0.25, -0.2) is 9.78 Å². The summed E-state index contributed by atoms with van der Waals surface area (Å²) >= 11 is 2.89. The molecule has 1 aliphatic carbocycles. The summed E-state index contributed by atoms with van der Waals surface area (Å²) in [5, 5.41) is 4.34. The fraction of sp³-hybridized carbons (Fsp3) is 0.500. The van der Waals surface area contributed by atoms with Gasteiger partial charge in [0.1, 0.15) is 5.00 Å². The van der Waals surface area contributed by atoms with Crippen LogP contribution in [0.15, 0.2) is 17.6 Å². The molecule has 1 amide bonds. The van der Waals surface area contributed by atoms with Crippen LogP contribution in [0.1, 0.15) is 47.0 Å². The SMILES string of the molecule is CCOC(=O)c1c(NC(=O)CSc2nccn2C)sc2c1CCCCC2. The molecular weight excluding hydrogens is 370 g/mol. The second-order valence-electron chi connectivity index (χ2n) is 6.15. The number of thioether (sulfide) groups is 1. The molecule has 0 fully saturated rings. The molecule has 0 saturated carbocycles. The molecule has 1 N–H and O–H groups in total. The summed E-state index contributed by atoms with van der Waals surface area (Å²) in [5.41, 5.74) is 1.63. The number of thiophene rings is 1. The van der Waals surface area contributed by atoms with Crippen molar-refractivity contribution in [3.63, 3.8) is 0 Å². The van der Waals surface area contributed by atoms with E-state index in [1.54, 1.807) is 13.1 Å². The lowest BCUT2D eigenvalue weighted by atomic mass is 10.1. The highest BCUT2D eigenvalue weighted by Gasteiger charge is 2.26. The van der Waals surface area contributed by atoms with E-state index in [1.165, 1.54) is 34.4 Å². The smallest absolute Gasteiger partial charge is 0.341 e. The number of carbonyl (C=O) groups is 2. The van der Waals surface area contributed by atoms with Crippen LogP contribution < -0.4 is 5.32 Å². The Bertz CT molecular complexity index is 798. The fourth-order valence-corrected chi connectivity index (χ4v) is 5.06. The lowest BCUT2D eigenvalue weighted by molar-refractivity contribution is -0.113. The number of aryl methyl sites for hydroxylation is 2. The number of esters is 1. The zero-order valence-electron chi connectivity index (χ0n) is 15.0. The summed E-state index contributed by atoms with van der Waals surface area (Å²) in [7, 11) is 1.89. The second kappa shape index (κ2) is 8.73. The van der Waals surface area contributed by atoms with Crippen LogP contribution in [-0.4, -0.2) is 33.8 Å². The van der Waals surface area contributed by atoms with Crippen LogP contribution in [0.2, 0.25) is 0 Å². The van der Waals surface area contributed by atoms with Gasteiger partial charge in [0.2, 0.25) is 5.91 Å². The van der Waals surface area contributed by atoms with Crippen LogP contribution >= 0.6 is 23.1 Å². The van der Waals surface area contributed by atoms with E-state index in [2.05, 4.69) is 10.3 Å². The third kappa shape index (κ3) is 4.29. The van der Waals surface area contributed by atoms with E-state index in [0.29, 0.717) is 17.2 Å². The van der Waals surface area contributed by atoms with E-state index in [9.17, 15) is 9.59 Å². The number of hydrogen-bond donors (Lipinski definition) is 1. The maximum absolute atomic E-state index is 12.5. The number of rotatable bonds is 6. The molecule has 0 atom stereocenters. The Hall–Kier alpha value is -1.80. The minimum absolute atomic E-state index is 0.139. The van der Waals surface area contributed by atoms with Crippen molar-refractivity contribution in [2.75, 3.05) is 17.7 Å². The number of fused-ring (bicyclic) bond motifs is 1. The molecule has 6 nitrogen and oxygen atoms in total. The van der Waals surface area contributed by atoms with E-state index < -0.39 is 0 Å². The quantitative estimate of drug-likeness (QED) is 0.461. The largest absolute Gasteiger partial charge is 0.462 e. The van der Waals surface area contributed by atoms with Crippen molar-refractivity contribution in [2.45, 2.75) is 44.2 Å². The van der Waals surface area contributed by atoms with Crippen molar-refractivity contribution in [2.24, 2.45) is 7.05 Å². The molecule has 0 aliphatic heterocycles. The molecule has 2 heterocycles. The van der Waals surface area contributed by atoms with Crippen LogP contribution in [0.4, 0.5) is 5.00 Å². The van der Waals surface area contributed by atoms with E-state index >= 15 is 0 Å². The van der Waals surface area contributed by atoms with Crippen molar-refractivity contribution in [3.05, 3.63) is 28.4 Å². The lowest BCUT2D eigenvalue weighted by Gasteiger charge is -2.08. The van der Waals surface area contributed by atoms with Crippen molar-refractivity contribution in [3.8, 4) is 0 Å². The van der Waals surface area contributed by atoms with E-state index in [4.69, 9.17) is 4.74 Å². The summed E-state index contributed by atoms with van der Waals surface area (Å²) < 4.78 is 7.12. The molecule has 0 bridgehead atoms. The third-order valence-corrected chi connectivity index (χ3v) is 6.53. The maximum Gasteiger partial charge on any atom is 0.341 e. The molecule has 26 heavy (non-hydrogen) atoms. The first-order valence-electron chi connectivity index (χ1n) is 8.81. The van der Waals surface area contributed by atoms with Gasteiger partial charge in [0.05, 0.1) is 17.9 Å². The van der Waals surface area contributed by atoms with Crippen LogP contribution in [0.5, 0.6) is 0 Å². The number of carbonyl (C=O) groups excluding carboxylic acids is 2. The number of ether oxygens (including phenoxy) is 1. The van der Waals surface area contributed by atoms with E-state index in [-0.39, 0.29) is 17.6 Å². The lowest BCUT2D eigenvalue weighted by Crippen LogP contribution is -2.17. The Kier molecular flexibility index (Phi) is 6.37. The number of anilines is 1. The summed E-state index contributed by atoms with van der Waals surface area (Å²) in [6, 6.07) is 0. The Balaban J connectivity index is 1.76. The van der Waals surface area contributed by atoms with Crippen LogP contribution in [0.25, 0.3) is 0 Å². The highest BCUT2D eigenvalue weighted by molar-refractivity contribution is 7.99. The predicted octanol–water partition coefficient (Wildman–Crippen LogP) is 3.66. The van der Waals surface area contributed by atoms with Gasteiger partial charge in [-0.15, -0.1) is 11.3 Å². The number of amides is 1. The van der Waals surface area contributed by atoms with Crippen molar-refractivity contribution in [1.29, 1.82) is 0 Å². The summed E-state index contributed by atoms with van der Waals surface area (Å²) in [6.45, 7) is 2.12. The molecule has 2 aromatic heterocycles. The minimum atomic E-state index is -0.334. The van der Waals surface area contributed by atoms with Crippen LogP contribution in [0, 0.1) is 0 Å². The standard InChI is InChI=1S/C18H23N3O3S2/c1-3-24-17(23)15-12-7-5-4-6-8-13(12)26-16(15)20-14(22)11-25-18-19-9-10-21(18)2/h9-10H,3-8,11H2,1-2H3,(H,20,22). The Morgan fingerprint density at radius 3 is 2.88 bits per heavy atom. The Morgan fingerprint density at radius 2 is 2.15 bits per heavy atom.